The molecule has 0 spiro atoms. The van der Waals surface area contributed by atoms with Crippen molar-refractivity contribution in [3.63, 3.8) is 0 Å². The SMILES string of the molecule is C=CC(=O)Nc1cccc(Nc2nc(Nc3ccc(N4CCN(CC)CC4)cc3)ncc2C(F)(F)F)c1. The largest absolute Gasteiger partial charge is 0.421 e. The first-order valence-corrected chi connectivity index (χ1v) is 11.8. The Hall–Kier alpha value is -4.12. The monoisotopic (exact) mass is 511 g/mol. The maximum atomic E-state index is 13.7. The molecular weight excluding hydrogens is 483 g/mol. The van der Waals surface area contributed by atoms with Crippen LogP contribution in [0.3, 0.4) is 0 Å². The quantitative estimate of drug-likeness (QED) is 0.356. The Bertz CT molecular complexity index is 1240. The Balaban J connectivity index is 1.51. The molecule has 1 fully saturated rings. The number of piperazine rings is 1. The van der Waals surface area contributed by atoms with Gasteiger partial charge in [-0.25, -0.2) is 4.98 Å². The second kappa shape index (κ2) is 11.3. The molecule has 0 radical (unpaired) electrons. The molecule has 3 N–H and O–H groups in total. The first-order valence-electron chi connectivity index (χ1n) is 11.8. The normalized spacial score (nSPS) is 14.2. The molecular formula is C26H28F3N7O. The summed E-state index contributed by atoms with van der Waals surface area (Å²) in [5.41, 5.74) is 1.42. The number of carbonyl (C=O) groups excluding carboxylic acids is 1. The van der Waals surface area contributed by atoms with Gasteiger partial charge in [-0.3, -0.25) is 4.79 Å². The van der Waals surface area contributed by atoms with Crippen molar-refractivity contribution in [1.29, 1.82) is 0 Å². The van der Waals surface area contributed by atoms with E-state index in [0.717, 1.165) is 50.7 Å². The second-order valence-corrected chi connectivity index (χ2v) is 8.45. The van der Waals surface area contributed by atoms with Crippen molar-refractivity contribution in [2.75, 3.05) is 53.6 Å². The van der Waals surface area contributed by atoms with Crippen molar-refractivity contribution < 1.29 is 18.0 Å². The fourth-order valence-corrected chi connectivity index (χ4v) is 3.96. The van der Waals surface area contributed by atoms with Gasteiger partial charge in [0.15, 0.2) is 0 Å². The van der Waals surface area contributed by atoms with Crippen molar-refractivity contribution >= 4 is 40.4 Å². The fraction of sp³-hybridized carbons (Fsp3) is 0.269. The molecule has 37 heavy (non-hydrogen) atoms. The highest BCUT2D eigenvalue weighted by atomic mass is 19.4. The topological polar surface area (TPSA) is 85.4 Å². The Labute approximate surface area is 213 Å². The lowest BCUT2D eigenvalue weighted by Gasteiger charge is -2.35. The van der Waals surface area contributed by atoms with Gasteiger partial charge in [0.25, 0.3) is 0 Å². The number of hydrogen-bond donors (Lipinski definition) is 3. The van der Waals surface area contributed by atoms with Gasteiger partial charge < -0.3 is 25.8 Å². The maximum absolute atomic E-state index is 13.7. The van der Waals surface area contributed by atoms with Gasteiger partial charge in [0.2, 0.25) is 11.9 Å². The molecule has 1 amide bonds. The van der Waals surface area contributed by atoms with Crippen molar-refractivity contribution in [1.82, 2.24) is 14.9 Å². The van der Waals surface area contributed by atoms with Gasteiger partial charge >= 0.3 is 6.18 Å². The summed E-state index contributed by atoms with van der Waals surface area (Å²) in [5, 5.41) is 8.24. The number of nitrogens with zero attached hydrogens (tertiary/aromatic N) is 4. The van der Waals surface area contributed by atoms with Gasteiger partial charge in [0.05, 0.1) is 0 Å². The second-order valence-electron chi connectivity index (χ2n) is 8.45. The number of benzene rings is 2. The van der Waals surface area contributed by atoms with Crippen molar-refractivity contribution in [2.45, 2.75) is 13.1 Å². The lowest BCUT2D eigenvalue weighted by molar-refractivity contribution is -0.137. The molecule has 8 nitrogen and oxygen atoms in total. The number of likely N-dealkylation sites (N-methyl/N-ethyl adjacent to an activating group) is 1. The minimum absolute atomic E-state index is 0.0101. The maximum Gasteiger partial charge on any atom is 0.421 e. The zero-order valence-corrected chi connectivity index (χ0v) is 20.3. The van der Waals surface area contributed by atoms with E-state index in [4.69, 9.17) is 0 Å². The fourth-order valence-electron chi connectivity index (χ4n) is 3.96. The van der Waals surface area contributed by atoms with E-state index in [1.54, 1.807) is 18.2 Å². The van der Waals surface area contributed by atoms with Gasteiger partial charge in [-0.05, 0) is 55.1 Å². The zero-order valence-electron chi connectivity index (χ0n) is 20.3. The first kappa shape index (κ1) is 26.0. The van der Waals surface area contributed by atoms with Gasteiger partial charge in [0, 0.05) is 55.1 Å². The van der Waals surface area contributed by atoms with Crippen LogP contribution >= 0.6 is 0 Å². The third-order valence-corrected chi connectivity index (χ3v) is 5.98. The van der Waals surface area contributed by atoms with Gasteiger partial charge in [-0.2, -0.15) is 18.2 Å². The van der Waals surface area contributed by atoms with E-state index in [9.17, 15) is 18.0 Å². The molecule has 3 aromatic rings. The predicted octanol–water partition coefficient (Wildman–Crippen LogP) is 5.25. The smallest absolute Gasteiger partial charge is 0.369 e. The number of hydrogen-bond acceptors (Lipinski definition) is 7. The van der Waals surface area contributed by atoms with E-state index in [0.29, 0.717) is 17.1 Å². The molecule has 11 heteroatoms. The summed E-state index contributed by atoms with van der Waals surface area (Å²) in [6.45, 7) is 10.5. The molecule has 194 valence electrons. The molecule has 1 aliphatic heterocycles. The minimum atomic E-state index is -4.67. The number of amides is 1. The van der Waals surface area contributed by atoms with E-state index in [-0.39, 0.29) is 5.95 Å². The molecule has 2 heterocycles. The predicted molar refractivity (Wildman–Crippen MR) is 140 cm³/mol. The van der Waals surface area contributed by atoms with Gasteiger partial charge in [-0.1, -0.05) is 19.6 Å². The standard InChI is InChI=1S/C26H28F3N7O/c1-3-23(37)31-19-6-5-7-20(16-19)32-24-22(26(27,28)29)17-30-25(34-24)33-18-8-10-21(11-9-18)36-14-12-35(4-2)13-15-36/h3,5-11,16-17H,1,4,12-15H2,2H3,(H,31,37)(H2,30,32,33,34). The summed E-state index contributed by atoms with van der Waals surface area (Å²) in [4.78, 5) is 24.2. The van der Waals surface area contributed by atoms with Crippen molar-refractivity contribution in [2.24, 2.45) is 0 Å². The van der Waals surface area contributed by atoms with Crippen molar-refractivity contribution in [3.8, 4) is 0 Å². The summed E-state index contributed by atoms with van der Waals surface area (Å²) < 4.78 is 41.0. The van der Waals surface area contributed by atoms with Crippen LogP contribution in [0.4, 0.5) is 47.7 Å². The number of aromatic nitrogens is 2. The van der Waals surface area contributed by atoms with Crippen LogP contribution in [0.15, 0.2) is 67.4 Å². The van der Waals surface area contributed by atoms with Crippen LogP contribution < -0.4 is 20.9 Å². The Kier molecular flexibility index (Phi) is 7.92. The van der Waals surface area contributed by atoms with Crippen LogP contribution in [0, 0.1) is 0 Å². The van der Waals surface area contributed by atoms with Crippen LogP contribution in [0.25, 0.3) is 0 Å². The third kappa shape index (κ3) is 6.76. The van der Waals surface area contributed by atoms with Crippen LogP contribution in [0.1, 0.15) is 12.5 Å². The molecule has 4 rings (SSSR count). The Morgan fingerprint density at radius 1 is 1.03 bits per heavy atom. The average Bonchev–Trinajstić information content (AvgIpc) is 2.89. The number of nitrogens with one attached hydrogen (secondary N) is 3. The third-order valence-electron chi connectivity index (χ3n) is 5.98. The molecule has 0 atom stereocenters. The lowest BCUT2D eigenvalue weighted by Crippen LogP contribution is -2.46. The number of anilines is 6. The van der Waals surface area contributed by atoms with E-state index in [1.165, 1.54) is 6.07 Å². The average molecular weight is 512 g/mol. The van der Waals surface area contributed by atoms with Gasteiger partial charge in [-0.15, -0.1) is 0 Å². The summed E-state index contributed by atoms with van der Waals surface area (Å²) in [6.07, 6.45) is -2.83. The Morgan fingerprint density at radius 3 is 2.38 bits per heavy atom. The van der Waals surface area contributed by atoms with Crippen LogP contribution in [-0.4, -0.2) is 53.5 Å². The summed E-state index contributed by atoms with van der Waals surface area (Å²) in [7, 11) is 0. The number of carbonyl (C=O) groups is 1. The van der Waals surface area contributed by atoms with Gasteiger partial charge in [0.1, 0.15) is 11.4 Å². The number of halogens is 3. The van der Waals surface area contributed by atoms with E-state index >= 15 is 0 Å². The first-order chi connectivity index (χ1) is 17.7. The minimum Gasteiger partial charge on any atom is -0.369 e. The van der Waals surface area contributed by atoms with Crippen LogP contribution in [0.5, 0.6) is 0 Å². The highest BCUT2D eigenvalue weighted by Gasteiger charge is 2.35. The molecule has 0 unspecified atom stereocenters. The zero-order chi connectivity index (χ0) is 26.4. The summed E-state index contributed by atoms with van der Waals surface area (Å²) in [6, 6.07) is 13.9. The van der Waals surface area contributed by atoms with E-state index in [1.807, 2.05) is 24.3 Å². The Morgan fingerprint density at radius 2 is 1.73 bits per heavy atom. The highest BCUT2D eigenvalue weighted by Crippen LogP contribution is 2.35. The lowest BCUT2D eigenvalue weighted by atomic mass is 10.2. The summed E-state index contributed by atoms with van der Waals surface area (Å²) in [5.74, 6) is -0.838. The molecule has 0 saturated carbocycles. The molecule has 1 saturated heterocycles. The highest BCUT2D eigenvalue weighted by molar-refractivity contribution is 5.99. The molecule has 1 aromatic heterocycles. The molecule has 0 aliphatic carbocycles. The molecule has 0 bridgehead atoms. The van der Waals surface area contributed by atoms with Crippen molar-refractivity contribution in [3.05, 3.63) is 72.9 Å². The number of alkyl halides is 3. The molecule has 1 aliphatic rings. The van der Waals surface area contributed by atoms with Crippen LogP contribution in [0.2, 0.25) is 0 Å². The van der Waals surface area contributed by atoms with E-state index < -0.39 is 23.5 Å². The number of rotatable bonds is 8. The van der Waals surface area contributed by atoms with E-state index in [2.05, 4.69) is 49.2 Å². The summed E-state index contributed by atoms with van der Waals surface area (Å²) >= 11 is 0. The molecule has 2 aromatic carbocycles. The van der Waals surface area contributed by atoms with Crippen LogP contribution in [-0.2, 0) is 11.0 Å².